The number of hydrogen-bond acceptors (Lipinski definition) is 3. The molecule has 0 bridgehead atoms. The second-order valence-electron chi connectivity index (χ2n) is 3.25. The van der Waals surface area contributed by atoms with Crippen LogP contribution in [-0.4, -0.2) is 19.4 Å². The van der Waals surface area contributed by atoms with Gasteiger partial charge < -0.3 is 0 Å². The van der Waals surface area contributed by atoms with Gasteiger partial charge in [-0.2, -0.15) is 5.26 Å². The molecule has 0 N–H and O–H groups in total. The maximum absolute atomic E-state index is 11.4. The van der Waals surface area contributed by atoms with Crippen molar-refractivity contribution < 1.29 is 8.42 Å². The summed E-state index contributed by atoms with van der Waals surface area (Å²) in [7, 11) is -3.02. The molecule has 4 heteroatoms. The summed E-state index contributed by atoms with van der Waals surface area (Å²) in [4.78, 5) is 0. The van der Waals surface area contributed by atoms with Gasteiger partial charge in [0, 0.05) is 0 Å². The van der Waals surface area contributed by atoms with Crippen molar-refractivity contribution in [3.05, 3.63) is 0 Å². The minimum atomic E-state index is -3.02. The van der Waals surface area contributed by atoms with Crippen LogP contribution in [0.25, 0.3) is 0 Å². The number of nitrogens with zero attached hydrogens (tertiary/aromatic N) is 1. The number of sulfone groups is 1. The summed E-state index contributed by atoms with van der Waals surface area (Å²) >= 11 is 0. The first-order valence-corrected chi connectivity index (χ1v) is 6.34. The molecule has 0 aliphatic rings. The third-order valence-corrected chi connectivity index (χ3v) is 4.27. The van der Waals surface area contributed by atoms with E-state index in [0.717, 1.165) is 12.8 Å². The fourth-order valence-electron chi connectivity index (χ4n) is 1.01. The van der Waals surface area contributed by atoms with Crippen LogP contribution in [0.2, 0.25) is 0 Å². The monoisotopic (exact) mass is 203 g/mol. The van der Waals surface area contributed by atoms with Crippen molar-refractivity contribution in [3.63, 3.8) is 0 Å². The Bertz CT molecular complexity index is 264. The summed E-state index contributed by atoms with van der Waals surface area (Å²) < 4.78 is 22.9. The lowest BCUT2D eigenvalue weighted by atomic mass is 10.3. The normalized spacial score (nSPS) is 13.6. The minimum Gasteiger partial charge on any atom is -0.229 e. The van der Waals surface area contributed by atoms with E-state index in [0.29, 0.717) is 6.42 Å². The Morgan fingerprint density at radius 2 is 2.00 bits per heavy atom. The Hall–Kier alpha value is -0.560. The van der Waals surface area contributed by atoms with Crippen molar-refractivity contribution in [2.75, 3.05) is 5.75 Å². The Kier molecular flexibility index (Phi) is 5.72. The number of hydrogen-bond donors (Lipinski definition) is 0. The quantitative estimate of drug-likeness (QED) is 0.619. The van der Waals surface area contributed by atoms with Crippen LogP contribution in [0.15, 0.2) is 0 Å². The molecule has 1 atom stereocenters. The highest BCUT2D eigenvalue weighted by molar-refractivity contribution is 7.92. The maximum atomic E-state index is 11.4. The van der Waals surface area contributed by atoms with E-state index in [-0.39, 0.29) is 12.2 Å². The van der Waals surface area contributed by atoms with Crippen LogP contribution in [-0.2, 0) is 9.84 Å². The number of unbranched alkanes of at least 4 members (excludes halogenated alkanes) is 2. The van der Waals surface area contributed by atoms with Gasteiger partial charge in [-0.1, -0.05) is 19.8 Å². The summed E-state index contributed by atoms with van der Waals surface area (Å²) in [6.45, 7) is 3.63. The molecule has 0 aliphatic heterocycles. The molecule has 0 heterocycles. The lowest BCUT2D eigenvalue weighted by molar-refractivity contribution is 0.579. The third-order valence-electron chi connectivity index (χ3n) is 2.02. The Morgan fingerprint density at radius 1 is 1.38 bits per heavy atom. The molecule has 0 aliphatic carbocycles. The lowest BCUT2D eigenvalue weighted by Crippen LogP contribution is -2.20. The van der Waals surface area contributed by atoms with Crippen molar-refractivity contribution in [1.29, 1.82) is 5.26 Å². The van der Waals surface area contributed by atoms with Gasteiger partial charge in [0.15, 0.2) is 9.84 Å². The molecule has 0 amide bonds. The van der Waals surface area contributed by atoms with Crippen molar-refractivity contribution >= 4 is 9.84 Å². The molecule has 76 valence electrons. The second kappa shape index (κ2) is 5.98. The SMILES string of the molecule is CCCCCS(=O)(=O)C(C)CC#N. The molecule has 0 saturated carbocycles. The van der Waals surface area contributed by atoms with Crippen LogP contribution in [0, 0.1) is 11.3 Å². The van der Waals surface area contributed by atoms with Crippen LogP contribution in [0.3, 0.4) is 0 Å². The average molecular weight is 203 g/mol. The van der Waals surface area contributed by atoms with Gasteiger partial charge in [0.1, 0.15) is 0 Å². The topological polar surface area (TPSA) is 57.9 Å². The molecule has 0 radical (unpaired) electrons. The molecular formula is C9H17NO2S. The maximum Gasteiger partial charge on any atom is 0.153 e. The molecular weight excluding hydrogens is 186 g/mol. The fourth-order valence-corrected chi connectivity index (χ4v) is 2.35. The van der Waals surface area contributed by atoms with E-state index in [1.807, 2.05) is 13.0 Å². The van der Waals surface area contributed by atoms with Crippen LogP contribution in [0.4, 0.5) is 0 Å². The van der Waals surface area contributed by atoms with Gasteiger partial charge in [-0.15, -0.1) is 0 Å². The third kappa shape index (κ3) is 4.89. The van der Waals surface area contributed by atoms with Gasteiger partial charge in [-0.3, -0.25) is 0 Å². The van der Waals surface area contributed by atoms with Gasteiger partial charge >= 0.3 is 0 Å². The van der Waals surface area contributed by atoms with Crippen LogP contribution in [0.5, 0.6) is 0 Å². The standard InChI is InChI=1S/C9H17NO2S/c1-3-4-5-8-13(11,12)9(2)6-7-10/h9H,3-6,8H2,1-2H3. The highest BCUT2D eigenvalue weighted by Crippen LogP contribution is 2.09. The van der Waals surface area contributed by atoms with Gasteiger partial charge in [0.2, 0.25) is 0 Å². The molecule has 1 unspecified atom stereocenters. The Labute approximate surface area is 80.7 Å². The predicted molar refractivity (Wildman–Crippen MR) is 53.0 cm³/mol. The van der Waals surface area contributed by atoms with E-state index < -0.39 is 15.1 Å². The van der Waals surface area contributed by atoms with Gasteiger partial charge in [-0.05, 0) is 13.3 Å². The minimum absolute atomic E-state index is 0.106. The molecule has 0 aromatic rings. The van der Waals surface area contributed by atoms with Crippen LogP contribution < -0.4 is 0 Å². The number of rotatable bonds is 6. The van der Waals surface area contributed by atoms with Crippen molar-refractivity contribution in [2.45, 2.75) is 44.8 Å². The molecule has 0 spiro atoms. The van der Waals surface area contributed by atoms with Crippen molar-refractivity contribution in [1.82, 2.24) is 0 Å². The highest BCUT2D eigenvalue weighted by atomic mass is 32.2. The van der Waals surface area contributed by atoms with Crippen molar-refractivity contribution in [2.24, 2.45) is 0 Å². The largest absolute Gasteiger partial charge is 0.229 e. The molecule has 3 nitrogen and oxygen atoms in total. The van der Waals surface area contributed by atoms with E-state index in [1.165, 1.54) is 0 Å². The van der Waals surface area contributed by atoms with Gasteiger partial charge in [0.25, 0.3) is 0 Å². The highest BCUT2D eigenvalue weighted by Gasteiger charge is 2.19. The zero-order valence-electron chi connectivity index (χ0n) is 8.28. The Balaban J connectivity index is 4.01. The molecule has 0 fully saturated rings. The van der Waals surface area contributed by atoms with E-state index in [9.17, 15) is 8.42 Å². The fraction of sp³-hybridized carbons (Fsp3) is 0.889. The molecule has 0 rings (SSSR count). The first-order valence-electron chi connectivity index (χ1n) is 4.63. The van der Waals surface area contributed by atoms with E-state index in [1.54, 1.807) is 6.92 Å². The molecule has 0 aromatic heterocycles. The summed E-state index contributed by atoms with van der Waals surface area (Å²) in [5.41, 5.74) is 0. The van der Waals surface area contributed by atoms with E-state index in [2.05, 4.69) is 0 Å². The van der Waals surface area contributed by atoms with E-state index in [4.69, 9.17) is 5.26 Å². The smallest absolute Gasteiger partial charge is 0.153 e. The van der Waals surface area contributed by atoms with Crippen LogP contribution in [0.1, 0.15) is 39.5 Å². The summed E-state index contributed by atoms with van der Waals surface area (Å²) in [5.74, 6) is 0.226. The molecule has 0 aromatic carbocycles. The lowest BCUT2D eigenvalue weighted by Gasteiger charge is -2.08. The van der Waals surface area contributed by atoms with E-state index >= 15 is 0 Å². The molecule has 0 saturated heterocycles. The summed E-state index contributed by atoms with van der Waals surface area (Å²) in [6.07, 6.45) is 2.78. The first-order chi connectivity index (χ1) is 6.04. The predicted octanol–water partition coefficient (Wildman–Crippen LogP) is 1.89. The van der Waals surface area contributed by atoms with Gasteiger partial charge in [-0.25, -0.2) is 8.42 Å². The second-order valence-corrected chi connectivity index (χ2v) is 5.79. The summed E-state index contributed by atoms with van der Waals surface area (Å²) in [6, 6.07) is 1.88. The molecule has 13 heavy (non-hydrogen) atoms. The Morgan fingerprint density at radius 3 is 2.46 bits per heavy atom. The number of nitriles is 1. The zero-order valence-corrected chi connectivity index (χ0v) is 9.10. The van der Waals surface area contributed by atoms with Gasteiger partial charge in [0.05, 0.1) is 23.5 Å². The van der Waals surface area contributed by atoms with Crippen molar-refractivity contribution in [3.8, 4) is 6.07 Å². The summed E-state index contributed by atoms with van der Waals surface area (Å²) in [5, 5.41) is 7.85. The van der Waals surface area contributed by atoms with Crippen LogP contribution >= 0.6 is 0 Å². The zero-order chi connectivity index (χ0) is 10.3. The first kappa shape index (κ1) is 12.4. The average Bonchev–Trinajstić information content (AvgIpc) is 2.05.